The van der Waals surface area contributed by atoms with E-state index < -0.39 is 137 Å². The zero-order valence-corrected chi connectivity index (χ0v) is 39.6. The van der Waals surface area contributed by atoms with Crippen LogP contribution in [-0.4, -0.2) is 127 Å². The van der Waals surface area contributed by atoms with Crippen LogP contribution < -0.4 is 16.6 Å². The highest BCUT2D eigenvalue weighted by atomic mass is 16.7. The lowest BCUT2D eigenvalue weighted by molar-refractivity contribution is -0.394. The predicted octanol–water partition coefficient (Wildman–Crippen LogP) is 2.18. The molecular weight excluding hydrogens is 871 g/mol. The minimum atomic E-state index is -2.24. The van der Waals surface area contributed by atoms with Gasteiger partial charge in [0.25, 0.3) is 0 Å². The lowest BCUT2D eigenvalue weighted by Gasteiger charge is -2.70. The number of aliphatic hydroxyl groups excluding tert-OH is 5. The van der Waals surface area contributed by atoms with Crippen LogP contribution in [0.3, 0.4) is 0 Å². The van der Waals surface area contributed by atoms with Gasteiger partial charge in [0.2, 0.25) is 12.5 Å². The highest BCUT2D eigenvalue weighted by molar-refractivity contribution is 5.81. The molecule has 0 spiro atoms. The fourth-order valence-corrected chi connectivity index (χ4v) is 12.3. The molecule has 4 saturated carbocycles. The van der Waals surface area contributed by atoms with Gasteiger partial charge < -0.3 is 59.1 Å². The van der Waals surface area contributed by atoms with Crippen molar-refractivity contribution in [3.8, 4) is 0 Å². The molecule has 67 heavy (non-hydrogen) atoms. The van der Waals surface area contributed by atoms with Gasteiger partial charge in [0, 0.05) is 54.0 Å². The largest absolute Gasteiger partial charge is 0.459 e. The standard InChI is InChI=1S/C49H71N3O15/c1-25-31(63-43(59)37(64-42(58)29-19-20-30(21-29)52-50)35(27-15-11-9-12-16-27)51-44(60)67-45(3,4)5)23-49(61)40(65-41(57)28-17-13-10-14-18-28)38-47(8,39(56)36(55)34(25)46(49,6)7)32(54)22-33-48(38,24-62-33)66-26(2)53/h9-18,25,29-41,44,51-52,54-57,60-61H,19-24,50H2,1-8H3/t25-,29?,30?,31+,32+,33?,34?,35+,36-,37-,38+,39-,40+,41?,44?,47-,48+,49-/m0/s1. The molecule has 5 fully saturated rings. The maximum absolute atomic E-state index is 15.2. The smallest absolute Gasteiger partial charge is 0.349 e. The maximum atomic E-state index is 15.2. The first-order valence-corrected chi connectivity index (χ1v) is 23.4. The molecule has 2 aromatic carbocycles. The van der Waals surface area contributed by atoms with Gasteiger partial charge in [-0.25, -0.2) is 4.79 Å². The molecular formula is C49H71N3O15. The Labute approximate surface area is 391 Å². The SMILES string of the molecule is CC(=O)O[C@]12COC1C[C@@H](O)[C@@]1(C)[C@H]2[C@@H](OC(O)c2ccccc2)[C@@]2(O)C[C@@H](OC(=O)[C@@H](OC(=O)C3CCC(NN)C3)[C@H](NC(O)OC(C)(C)C)c3ccccc3)[C@H](C)C([C@H](O)[C@@H]1O)C2(C)C. The normalized spacial score (nSPS) is 38.6. The molecule has 18 heteroatoms. The summed E-state index contributed by atoms with van der Waals surface area (Å²) in [4.78, 5) is 42.3. The van der Waals surface area contributed by atoms with Gasteiger partial charge >= 0.3 is 17.9 Å². The van der Waals surface area contributed by atoms with Crippen LogP contribution in [0.5, 0.6) is 0 Å². The van der Waals surface area contributed by atoms with Crippen molar-refractivity contribution >= 4 is 17.9 Å². The third-order valence-electron chi connectivity index (χ3n) is 15.8. The van der Waals surface area contributed by atoms with E-state index in [9.17, 15) is 40.2 Å². The Morgan fingerprint density at radius 1 is 0.925 bits per heavy atom. The molecule has 2 bridgehead atoms. The number of aliphatic hydroxyl groups is 6. The Kier molecular flexibility index (Phi) is 14.7. The molecule has 5 aliphatic rings. The van der Waals surface area contributed by atoms with E-state index >= 15 is 4.79 Å². The van der Waals surface area contributed by atoms with Gasteiger partial charge in [-0.2, -0.15) is 0 Å². The van der Waals surface area contributed by atoms with Crippen molar-refractivity contribution in [1.29, 1.82) is 0 Å². The van der Waals surface area contributed by atoms with E-state index in [0.29, 0.717) is 30.4 Å². The summed E-state index contributed by atoms with van der Waals surface area (Å²) < 4.78 is 37.2. The molecule has 7 rings (SSSR count). The number of hydrazine groups is 1. The lowest BCUT2D eigenvalue weighted by atomic mass is 9.42. The van der Waals surface area contributed by atoms with Crippen LogP contribution in [0.2, 0.25) is 0 Å². The van der Waals surface area contributed by atoms with E-state index in [1.54, 1.807) is 109 Å². The number of nitrogens with one attached hydrogen (secondary N) is 2. The molecule has 0 radical (unpaired) electrons. The summed E-state index contributed by atoms with van der Waals surface area (Å²) in [6, 6.07) is 15.4. The first-order valence-electron chi connectivity index (χ1n) is 23.4. The number of nitrogens with two attached hydrogens (primary N) is 1. The van der Waals surface area contributed by atoms with Gasteiger partial charge in [0.05, 0.1) is 48.6 Å². The minimum absolute atomic E-state index is 0.100. The molecule has 4 aliphatic carbocycles. The number of fused-ring (bicyclic) bond motifs is 5. The topological polar surface area (TPSA) is 278 Å². The summed E-state index contributed by atoms with van der Waals surface area (Å²) in [6.07, 6.45) is -13.1. The van der Waals surface area contributed by atoms with E-state index in [1.165, 1.54) is 6.92 Å². The molecule has 1 heterocycles. The number of rotatable bonds is 14. The molecule has 18 nitrogen and oxygen atoms in total. The summed E-state index contributed by atoms with van der Waals surface area (Å²) in [6.45, 7) is 12.8. The number of carbonyl (C=O) groups excluding carboxylic acids is 3. The van der Waals surface area contributed by atoms with Crippen molar-refractivity contribution in [2.75, 3.05) is 6.61 Å². The quantitative estimate of drug-likeness (QED) is 0.0432. The summed E-state index contributed by atoms with van der Waals surface area (Å²) in [5.41, 5.74) is -4.54. The molecule has 372 valence electrons. The first kappa shape index (κ1) is 51.2. The zero-order chi connectivity index (χ0) is 49.0. The van der Waals surface area contributed by atoms with Gasteiger partial charge in [-0.1, -0.05) is 88.4 Å². The van der Waals surface area contributed by atoms with Crippen LogP contribution in [0.4, 0.5) is 0 Å². The summed E-state index contributed by atoms with van der Waals surface area (Å²) >= 11 is 0. The molecule has 0 aromatic heterocycles. The molecule has 18 atom stereocenters. The first-order chi connectivity index (χ1) is 31.4. The van der Waals surface area contributed by atoms with Gasteiger partial charge in [0.1, 0.15) is 17.8 Å². The molecule has 6 unspecified atom stereocenters. The Hall–Kier alpha value is -3.63. The fraction of sp³-hybridized carbons (Fsp3) is 0.694. The van der Waals surface area contributed by atoms with E-state index in [2.05, 4.69) is 10.7 Å². The second-order valence-electron chi connectivity index (χ2n) is 21.3. The number of benzene rings is 2. The third kappa shape index (κ3) is 9.42. The minimum Gasteiger partial charge on any atom is -0.459 e. The van der Waals surface area contributed by atoms with Gasteiger partial charge in [0.15, 0.2) is 11.9 Å². The number of esters is 3. The van der Waals surface area contributed by atoms with E-state index in [4.69, 9.17) is 34.3 Å². The van der Waals surface area contributed by atoms with Gasteiger partial charge in [-0.05, 0) is 51.5 Å². The van der Waals surface area contributed by atoms with Crippen molar-refractivity contribution in [2.24, 2.45) is 40.3 Å². The third-order valence-corrected chi connectivity index (χ3v) is 15.8. The highest BCUT2D eigenvalue weighted by Crippen LogP contribution is 2.66. The van der Waals surface area contributed by atoms with Crippen molar-refractivity contribution in [2.45, 2.75) is 172 Å². The highest BCUT2D eigenvalue weighted by Gasteiger charge is 2.78. The maximum Gasteiger partial charge on any atom is 0.349 e. The molecule has 2 aromatic rings. The second kappa shape index (κ2) is 19.3. The Morgan fingerprint density at radius 2 is 1.55 bits per heavy atom. The summed E-state index contributed by atoms with van der Waals surface area (Å²) in [7, 11) is 0. The summed E-state index contributed by atoms with van der Waals surface area (Å²) in [5, 5.41) is 77.3. The average Bonchev–Trinajstić information content (AvgIpc) is 3.76. The van der Waals surface area contributed by atoms with Crippen LogP contribution in [-0.2, 0) is 42.8 Å². The van der Waals surface area contributed by atoms with E-state index in [-0.39, 0.29) is 19.1 Å². The molecule has 1 aliphatic heterocycles. The predicted molar refractivity (Wildman–Crippen MR) is 238 cm³/mol. The van der Waals surface area contributed by atoms with Crippen LogP contribution in [0, 0.1) is 34.5 Å². The van der Waals surface area contributed by atoms with Gasteiger partial charge in [-0.15, -0.1) is 0 Å². The fourth-order valence-electron chi connectivity index (χ4n) is 12.3. The number of carbonyl (C=O) groups is 3. The zero-order valence-electron chi connectivity index (χ0n) is 39.6. The van der Waals surface area contributed by atoms with Crippen LogP contribution in [0.1, 0.15) is 111 Å². The van der Waals surface area contributed by atoms with E-state index in [0.717, 1.165) is 0 Å². The Balaban J connectivity index is 1.35. The number of hydrogen-bond donors (Lipinski definition) is 9. The van der Waals surface area contributed by atoms with Crippen LogP contribution in [0.25, 0.3) is 0 Å². The average molecular weight is 942 g/mol. The van der Waals surface area contributed by atoms with E-state index in [1.807, 2.05) is 0 Å². The number of ether oxygens (including phenoxy) is 6. The van der Waals surface area contributed by atoms with Crippen molar-refractivity contribution in [3.63, 3.8) is 0 Å². The Bertz CT molecular complexity index is 2060. The monoisotopic (exact) mass is 941 g/mol. The van der Waals surface area contributed by atoms with Crippen molar-refractivity contribution < 1.29 is 73.4 Å². The van der Waals surface area contributed by atoms with Crippen molar-refractivity contribution in [1.82, 2.24) is 10.7 Å². The Morgan fingerprint density at radius 3 is 2.10 bits per heavy atom. The molecule has 0 amide bonds. The molecule has 1 saturated heterocycles. The van der Waals surface area contributed by atoms with Crippen LogP contribution in [0.15, 0.2) is 60.7 Å². The van der Waals surface area contributed by atoms with Crippen LogP contribution >= 0.6 is 0 Å². The van der Waals surface area contributed by atoms with Gasteiger partial charge in [-0.3, -0.25) is 26.2 Å². The van der Waals surface area contributed by atoms with Crippen molar-refractivity contribution in [3.05, 3.63) is 71.8 Å². The lowest BCUT2D eigenvalue weighted by Crippen LogP contribution is -2.83. The second-order valence-corrected chi connectivity index (χ2v) is 21.3. The summed E-state index contributed by atoms with van der Waals surface area (Å²) in [5.74, 6) is -0.757. The molecule has 10 N–H and O–H groups in total. The number of hydrogen-bond acceptors (Lipinski definition) is 18.